The third kappa shape index (κ3) is 3.67. The maximum absolute atomic E-state index is 9.95. The van der Waals surface area contributed by atoms with Crippen LogP contribution >= 0.6 is 0 Å². The van der Waals surface area contributed by atoms with Gasteiger partial charge in [-0.25, -0.2) is 0 Å². The molecule has 100 valence electrons. The summed E-state index contributed by atoms with van der Waals surface area (Å²) in [6, 6.07) is 0.723. The normalized spacial score (nSPS) is 39.5. The van der Waals surface area contributed by atoms with E-state index in [1.165, 1.54) is 25.7 Å². The lowest BCUT2D eigenvalue weighted by Crippen LogP contribution is -2.44. The first-order valence-electron chi connectivity index (χ1n) is 7.13. The van der Waals surface area contributed by atoms with E-state index in [4.69, 9.17) is 4.74 Å². The first kappa shape index (κ1) is 13.3. The van der Waals surface area contributed by atoms with Crippen LogP contribution in [0, 0.1) is 11.8 Å². The average Bonchev–Trinajstić information content (AvgIpc) is 2.33. The molecular weight excluding hydrogens is 214 g/mol. The van der Waals surface area contributed by atoms with Gasteiger partial charge in [-0.05, 0) is 45.1 Å². The van der Waals surface area contributed by atoms with E-state index in [0.29, 0.717) is 5.92 Å². The summed E-state index contributed by atoms with van der Waals surface area (Å²) in [6.45, 7) is 4.80. The average molecular weight is 241 g/mol. The number of nitrogens with zero attached hydrogens (tertiary/aromatic N) is 1. The predicted octanol–water partition coefficient (Wildman–Crippen LogP) is 1.89. The van der Waals surface area contributed by atoms with Crippen molar-refractivity contribution >= 4 is 0 Å². The van der Waals surface area contributed by atoms with Gasteiger partial charge in [-0.3, -0.25) is 0 Å². The van der Waals surface area contributed by atoms with Gasteiger partial charge in [0, 0.05) is 25.1 Å². The van der Waals surface area contributed by atoms with E-state index >= 15 is 0 Å². The molecule has 0 amide bonds. The number of aliphatic hydroxyl groups excluding tert-OH is 1. The zero-order valence-corrected chi connectivity index (χ0v) is 11.3. The molecule has 0 bridgehead atoms. The van der Waals surface area contributed by atoms with Gasteiger partial charge in [0.15, 0.2) is 0 Å². The molecule has 1 saturated carbocycles. The minimum Gasteiger partial charge on any atom is -0.393 e. The lowest BCUT2D eigenvalue weighted by atomic mass is 9.86. The maximum atomic E-state index is 9.95. The van der Waals surface area contributed by atoms with Gasteiger partial charge in [-0.1, -0.05) is 6.92 Å². The molecule has 0 radical (unpaired) electrons. The third-order valence-corrected chi connectivity index (χ3v) is 4.57. The molecule has 1 N–H and O–H groups in total. The Kier molecular flexibility index (Phi) is 4.83. The summed E-state index contributed by atoms with van der Waals surface area (Å²) < 4.78 is 5.47. The first-order valence-corrected chi connectivity index (χ1v) is 7.13. The van der Waals surface area contributed by atoms with Crippen molar-refractivity contribution in [2.75, 3.05) is 26.8 Å². The second kappa shape index (κ2) is 6.17. The van der Waals surface area contributed by atoms with Gasteiger partial charge >= 0.3 is 0 Å². The van der Waals surface area contributed by atoms with Gasteiger partial charge in [-0.2, -0.15) is 0 Å². The molecule has 2 atom stereocenters. The Hall–Kier alpha value is -0.120. The van der Waals surface area contributed by atoms with E-state index in [2.05, 4.69) is 18.9 Å². The number of aliphatic hydroxyl groups is 1. The Balaban J connectivity index is 1.77. The fourth-order valence-corrected chi connectivity index (χ4v) is 3.16. The van der Waals surface area contributed by atoms with Gasteiger partial charge in [0.05, 0.1) is 12.7 Å². The van der Waals surface area contributed by atoms with Crippen molar-refractivity contribution in [1.82, 2.24) is 4.90 Å². The quantitative estimate of drug-likeness (QED) is 0.819. The van der Waals surface area contributed by atoms with Crippen LogP contribution < -0.4 is 0 Å². The molecule has 2 fully saturated rings. The van der Waals surface area contributed by atoms with E-state index in [9.17, 15) is 5.11 Å². The van der Waals surface area contributed by atoms with Crippen LogP contribution in [0.15, 0.2) is 0 Å². The molecule has 2 unspecified atom stereocenters. The van der Waals surface area contributed by atoms with Crippen LogP contribution in [0.1, 0.15) is 39.0 Å². The minimum atomic E-state index is -0.159. The van der Waals surface area contributed by atoms with Crippen molar-refractivity contribution in [3.8, 4) is 0 Å². The van der Waals surface area contributed by atoms with Crippen LogP contribution in [0.2, 0.25) is 0 Å². The molecular formula is C14H27NO2. The molecule has 0 aromatic heterocycles. The summed E-state index contributed by atoms with van der Waals surface area (Å²) in [6.07, 6.45) is 6.01. The molecule has 1 saturated heterocycles. The SMILES string of the molecule is CC1CCC(N(C)CC2COCCC2O)CC1. The van der Waals surface area contributed by atoms with Gasteiger partial charge < -0.3 is 14.7 Å². The van der Waals surface area contributed by atoms with Gasteiger partial charge in [0.25, 0.3) is 0 Å². The molecule has 0 aromatic carbocycles. The highest BCUT2D eigenvalue weighted by Gasteiger charge is 2.28. The van der Waals surface area contributed by atoms with Crippen LogP contribution in [0.25, 0.3) is 0 Å². The topological polar surface area (TPSA) is 32.7 Å². The molecule has 0 spiro atoms. The highest BCUT2D eigenvalue weighted by molar-refractivity contribution is 4.81. The van der Waals surface area contributed by atoms with E-state index in [1.807, 2.05) is 0 Å². The van der Waals surface area contributed by atoms with Crippen molar-refractivity contribution in [1.29, 1.82) is 0 Å². The molecule has 0 aromatic rings. The fourth-order valence-electron chi connectivity index (χ4n) is 3.16. The lowest BCUT2D eigenvalue weighted by molar-refractivity contribution is -0.0494. The Labute approximate surface area is 105 Å². The molecule has 2 rings (SSSR count). The summed E-state index contributed by atoms with van der Waals surface area (Å²) in [5, 5.41) is 9.95. The van der Waals surface area contributed by atoms with Crippen molar-refractivity contribution in [2.24, 2.45) is 11.8 Å². The van der Waals surface area contributed by atoms with Crippen LogP contribution in [-0.4, -0.2) is 49.0 Å². The van der Waals surface area contributed by atoms with E-state index in [-0.39, 0.29) is 6.10 Å². The molecule has 3 heteroatoms. The minimum absolute atomic E-state index is 0.159. The van der Waals surface area contributed by atoms with Crippen molar-refractivity contribution in [3.05, 3.63) is 0 Å². The summed E-state index contributed by atoms with van der Waals surface area (Å²) in [5.74, 6) is 1.22. The van der Waals surface area contributed by atoms with Crippen LogP contribution in [0.3, 0.4) is 0 Å². The number of rotatable bonds is 3. The third-order valence-electron chi connectivity index (χ3n) is 4.57. The number of hydrogen-bond donors (Lipinski definition) is 1. The van der Waals surface area contributed by atoms with Crippen molar-refractivity contribution < 1.29 is 9.84 Å². The summed E-state index contributed by atoms with van der Waals surface area (Å²) in [5.41, 5.74) is 0. The number of hydrogen-bond acceptors (Lipinski definition) is 3. The molecule has 1 aliphatic carbocycles. The fraction of sp³-hybridized carbons (Fsp3) is 1.00. The monoisotopic (exact) mass is 241 g/mol. The van der Waals surface area contributed by atoms with E-state index in [0.717, 1.165) is 38.1 Å². The molecule has 3 nitrogen and oxygen atoms in total. The Morgan fingerprint density at radius 3 is 2.53 bits per heavy atom. The standard InChI is InChI=1S/C14H27NO2/c1-11-3-5-13(6-4-11)15(2)9-12-10-17-8-7-14(12)16/h11-14,16H,3-10H2,1-2H3. The molecule has 17 heavy (non-hydrogen) atoms. The summed E-state index contributed by atoms with van der Waals surface area (Å²) >= 11 is 0. The van der Waals surface area contributed by atoms with Gasteiger partial charge in [-0.15, -0.1) is 0 Å². The Morgan fingerprint density at radius 1 is 1.18 bits per heavy atom. The summed E-state index contributed by atoms with van der Waals surface area (Å²) in [7, 11) is 2.21. The second-order valence-electron chi connectivity index (χ2n) is 6.04. The van der Waals surface area contributed by atoms with Crippen LogP contribution in [-0.2, 0) is 4.74 Å². The number of ether oxygens (including phenoxy) is 1. The Bertz CT molecular complexity index is 226. The van der Waals surface area contributed by atoms with Crippen LogP contribution in [0.4, 0.5) is 0 Å². The molecule has 1 heterocycles. The highest BCUT2D eigenvalue weighted by atomic mass is 16.5. The summed E-state index contributed by atoms with van der Waals surface area (Å²) in [4.78, 5) is 2.45. The predicted molar refractivity (Wildman–Crippen MR) is 69.0 cm³/mol. The largest absolute Gasteiger partial charge is 0.393 e. The van der Waals surface area contributed by atoms with E-state index in [1.54, 1.807) is 0 Å². The lowest BCUT2D eigenvalue weighted by Gasteiger charge is -2.37. The smallest absolute Gasteiger partial charge is 0.0624 e. The maximum Gasteiger partial charge on any atom is 0.0624 e. The van der Waals surface area contributed by atoms with E-state index < -0.39 is 0 Å². The van der Waals surface area contributed by atoms with Crippen molar-refractivity contribution in [3.63, 3.8) is 0 Å². The van der Waals surface area contributed by atoms with Crippen molar-refractivity contribution in [2.45, 2.75) is 51.2 Å². The van der Waals surface area contributed by atoms with Crippen LogP contribution in [0.5, 0.6) is 0 Å². The Morgan fingerprint density at radius 2 is 1.88 bits per heavy atom. The highest BCUT2D eigenvalue weighted by Crippen LogP contribution is 2.27. The van der Waals surface area contributed by atoms with Gasteiger partial charge in [0.1, 0.15) is 0 Å². The molecule has 2 aliphatic rings. The zero-order valence-electron chi connectivity index (χ0n) is 11.3. The van der Waals surface area contributed by atoms with Gasteiger partial charge in [0.2, 0.25) is 0 Å². The molecule has 1 aliphatic heterocycles. The zero-order chi connectivity index (χ0) is 12.3. The first-order chi connectivity index (χ1) is 8.16. The second-order valence-corrected chi connectivity index (χ2v) is 6.04.